The summed E-state index contributed by atoms with van der Waals surface area (Å²) in [7, 11) is 1.58. The minimum atomic E-state index is 0.0693. The van der Waals surface area contributed by atoms with Gasteiger partial charge in [0.05, 0.1) is 18.7 Å². The topological polar surface area (TPSA) is 90.2 Å². The summed E-state index contributed by atoms with van der Waals surface area (Å²) in [6, 6.07) is 18.7. The van der Waals surface area contributed by atoms with E-state index in [4.69, 9.17) is 26.4 Å². The molecule has 0 N–H and O–H groups in total. The van der Waals surface area contributed by atoms with Crippen molar-refractivity contribution in [2.24, 2.45) is 0 Å². The number of amides is 1. The number of ketones is 1. The summed E-state index contributed by atoms with van der Waals surface area (Å²) in [6.45, 7) is 0.981. The molecule has 0 spiro atoms. The second-order valence-corrected chi connectivity index (χ2v) is 10.6. The number of aromatic nitrogens is 4. The number of ether oxygens (including phenoxy) is 1. The van der Waals surface area contributed by atoms with E-state index in [-0.39, 0.29) is 17.7 Å². The van der Waals surface area contributed by atoms with Crippen LogP contribution in [0.3, 0.4) is 0 Å². The summed E-state index contributed by atoms with van der Waals surface area (Å²) in [5.41, 5.74) is 2.35. The van der Waals surface area contributed by atoms with Gasteiger partial charge in [-0.25, -0.2) is 9.67 Å². The zero-order chi connectivity index (χ0) is 28.6. The molecule has 212 valence electrons. The third-order valence-electron chi connectivity index (χ3n) is 7.55. The molecule has 0 unspecified atom stereocenters. The number of pyridine rings is 1. The van der Waals surface area contributed by atoms with Crippen LogP contribution in [-0.4, -0.2) is 56.0 Å². The standard InChI is InChI=1S/C32H34ClN5O3/c1-41-29-15-14-25(22-27(29)33)32-35-31(24-16-18-34-19-17-24)36-38(32)21-20-37(26-10-5-6-11-26)30(40)13-7-12-28(39)23-8-3-2-4-9-23/h2-4,8-9,14-19,22,26H,5-7,10-13,20-21H2,1H3. The lowest BCUT2D eigenvalue weighted by Crippen LogP contribution is -2.41. The molecule has 2 aromatic heterocycles. The van der Waals surface area contributed by atoms with Crippen LogP contribution in [0.4, 0.5) is 0 Å². The molecular formula is C32H34ClN5O3. The van der Waals surface area contributed by atoms with Gasteiger partial charge >= 0.3 is 0 Å². The number of halogens is 1. The number of nitrogens with zero attached hydrogens (tertiary/aromatic N) is 5. The Bertz CT molecular complexity index is 1470. The van der Waals surface area contributed by atoms with Crippen molar-refractivity contribution in [3.05, 3.63) is 83.6 Å². The van der Waals surface area contributed by atoms with Crippen molar-refractivity contribution in [3.8, 4) is 28.5 Å². The van der Waals surface area contributed by atoms with E-state index in [2.05, 4.69) is 4.98 Å². The van der Waals surface area contributed by atoms with E-state index in [1.807, 2.05) is 70.2 Å². The smallest absolute Gasteiger partial charge is 0.222 e. The highest BCUT2D eigenvalue weighted by Crippen LogP contribution is 2.31. The summed E-state index contributed by atoms with van der Waals surface area (Å²) in [4.78, 5) is 37.0. The maximum Gasteiger partial charge on any atom is 0.222 e. The number of carbonyl (C=O) groups is 2. The minimum absolute atomic E-state index is 0.0693. The first kappa shape index (κ1) is 28.5. The number of Topliss-reactive ketones (excluding diaryl/α,β-unsaturated/α-hetero) is 1. The van der Waals surface area contributed by atoms with Crippen molar-refractivity contribution in [2.75, 3.05) is 13.7 Å². The maximum absolute atomic E-state index is 13.5. The minimum Gasteiger partial charge on any atom is -0.495 e. The fourth-order valence-electron chi connectivity index (χ4n) is 5.38. The Morgan fingerprint density at radius 3 is 2.46 bits per heavy atom. The molecule has 2 heterocycles. The third-order valence-corrected chi connectivity index (χ3v) is 7.84. The van der Waals surface area contributed by atoms with E-state index in [1.54, 1.807) is 19.5 Å². The molecule has 1 amide bonds. The average molecular weight is 572 g/mol. The Kier molecular flexibility index (Phi) is 9.41. The van der Waals surface area contributed by atoms with E-state index in [1.165, 1.54) is 0 Å². The highest BCUT2D eigenvalue weighted by Gasteiger charge is 2.27. The molecular weight excluding hydrogens is 538 g/mol. The first-order valence-electron chi connectivity index (χ1n) is 14.1. The molecule has 0 atom stereocenters. The van der Waals surface area contributed by atoms with Gasteiger partial charge in [0.25, 0.3) is 0 Å². The SMILES string of the molecule is COc1ccc(-c2nc(-c3ccncc3)nn2CCN(C(=O)CCCC(=O)c2ccccc2)C2CCCC2)cc1Cl. The first-order chi connectivity index (χ1) is 20.0. The maximum atomic E-state index is 13.5. The van der Waals surface area contributed by atoms with Gasteiger partial charge in [-0.2, -0.15) is 5.10 Å². The molecule has 2 aromatic carbocycles. The number of methoxy groups -OCH3 is 1. The summed E-state index contributed by atoms with van der Waals surface area (Å²) in [5, 5.41) is 5.31. The average Bonchev–Trinajstić information content (AvgIpc) is 3.69. The highest BCUT2D eigenvalue weighted by atomic mass is 35.5. The number of hydrogen-bond acceptors (Lipinski definition) is 6. The van der Waals surface area contributed by atoms with Gasteiger partial charge in [-0.15, -0.1) is 0 Å². The fraction of sp³-hybridized carbons (Fsp3) is 0.344. The molecule has 41 heavy (non-hydrogen) atoms. The molecule has 1 fully saturated rings. The monoisotopic (exact) mass is 571 g/mol. The van der Waals surface area contributed by atoms with Crippen molar-refractivity contribution in [3.63, 3.8) is 0 Å². The van der Waals surface area contributed by atoms with Crippen molar-refractivity contribution in [1.82, 2.24) is 24.6 Å². The zero-order valence-electron chi connectivity index (χ0n) is 23.2. The van der Waals surface area contributed by atoms with Crippen LogP contribution in [0.5, 0.6) is 5.75 Å². The zero-order valence-corrected chi connectivity index (χ0v) is 24.0. The van der Waals surface area contributed by atoms with Crippen molar-refractivity contribution in [2.45, 2.75) is 57.5 Å². The van der Waals surface area contributed by atoms with Crippen LogP contribution in [0.15, 0.2) is 73.1 Å². The molecule has 9 heteroatoms. The summed E-state index contributed by atoms with van der Waals surface area (Å²) >= 11 is 6.45. The lowest BCUT2D eigenvalue weighted by Gasteiger charge is -2.29. The van der Waals surface area contributed by atoms with Crippen LogP contribution in [0.1, 0.15) is 55.3 Å². The van der Waals surface area contributed by atoms with Crippen LogP contribution >= 0.6 is 11.6 Å². The molecule has 0 aliphatic heterocycles. The molecule has 5 rings (SSSR count). The van der Waals surface area contributed by atoms with Crippen molar-refractivity contribution in [1.29, 1.82) is 0 Å². The van der Waals surface area contributed by atoms with E-state index in [9.17, 15) is 9.59 Å². The first-order valence-corrected chi connectivity index (χ1v) is 14.5. The number of hydrogen-bond donors (Lipinski definition) is 0. The summed E-state index contributed by atoms with van der Waals surface area (Å²) in [5.74, 6) is 1.97. The predicted octanol–water partition coefficient (Wildman–Crippen LogP) is 6.49. The number of carbonyl (C=O) groups excluding carboxylic acids is 2. The predicted molar refractivity (Wildman–Crippen MR) is 159 cm³/mol. The van der Waals surface area contributed by atoms with Gasteiger partial charge in [0.15, 0.2) is 17.4 Å². The van der Waals surface area contributed by atoms with Crippen LogP contribution in [0.25, 0.3) is 22.8 Å². The van der Waals surface area contributed by atoms with E-state index in [0.29, 0.717) is 60.3 Å². The Hall–Kier alpha value is -4.04. The Balaban J connectivity index is 1.34. The van der Waals surface area contributed by atoms with Gasteiger partial charge in [-0.05, 0) is 49.6 Å². The van der Waals surface area contributed by atoms with Gasteiger partial charge in [-0.1, -0.05) is 54.8 Å². The van der Waals surface area contributed by atoms with Crippen LogP contribution in [0.2, 0.25) is 5.02 Å². The lowest BCUT2D eigenvalue weighted by molar-refractivity contribution is -0.133. The van der Waals surface area contributed by atoms with E-state index in [0.717, 1.165) is 36.8 Å². The number of rotatable bonds is 12. The number of benzene rings is 2. The van der Waals surface area contributed by atoms with Gasteiger partial charge in [-0.3, -0.25) is 14.6 Å². The summed E-state index contributed by atoms with van der Waals surface area (Å²) < 4.78 is 7.18. The molecule has 4 aromatic rings. The van der Waals surface area contributed by atoms with Crippen molar-refractivity contribution >= 4 is 23.3 Å². The molecule has 0 radical (unpaired) electrons. The highest BCUT2D eigenvalue weighted by molar-refractivity contribution is 6.32. The van der Waals surface area contributed by atoms with Crippen LogP contribution < -0.4 is 4.74 Å². The van der Waals surface area contributed by atoms with Crippen LogP contribution in [0, 0.1) is 0 Å². The fourth-order valence-corrected chi connectivity index (χ4v) is 5.64. The summed E-state index contributed by atoms with van der Waals surface area (Å²) in [6.07, 6.45) is 8.88. The largest absolute Gasteiger partial charge is 0.495 e. The van der Waals surface area contributed by atoms with Gasteiger partial charge in [0, 0.05) is 54.5 Å². The second kappa shape index (κ2) is 13.5. The Labute approximate surface area is 245 Å². The third kappa shape index (κ3) is 7.00. The molecule has 1 aliphatic rings. The molecule has 1 aliphatic carbocycles. The molecule has 0 saturated heterocycles. The second-order valence-electron chi connectivity index (χ2n) is 10.2. The van der Waals surface area contributed by atoms with Crippen LogP contribution in [-0.2, 0) is 11.3 Å². The van der Waals surface area contributed by atoms with E-state index >= 15 is 0 Å². The molecule has 8 nitrogen and oxygen atoms in total. The normalized spacial score (nSPS) is 13.3. The lowest BCUT2D eigenvalue weighted by atomic mass is 10.0. The Morgan fingerprint density at radius 1 is 1.00 bits per heavy atom. The van der Waals surface area contributed by atoms with Gasteiger partial charge < -0.3 is 9.64 Å². The van der Waals surface area contributed by atoms with Gasteiger partial charge in [0.2, 0.25) is 5.91 Å². The molecule has 0 bridgehead atoms. The van der Waals surface area contributed by atoms with E-state index < -0.39 is 0 Å². The Morgan fingerprint density at radius 2 is 1.76 bits per heavy atom. The molecule has 1 saturated carbocycles. The van der Waals surface area contributed by atoms with Crippen molar-refractivity contribution < 1.29 is 14.3 Å². The quantitative estimate of drug-likeness (QED) is 0.180. The van der Waals surface area contributed by atoms with Gasteiger partial charge in [0.1, 0.15) is 5.75 Å².